The van der Waals surface area contributed by atoms with Crippen LogP contribution in [0.1, 0.15) is 32.6 Å². The molecule has 9 nitrogen and oxygen atoms in total. The highest BCUT2D eigenvalue weighted by Crippen LogP contribution is 2.56. The number of halogens is 1. The van der Waals surface area contributed by atoms with Gasteiger partial charge in [0.2, 0.25) is 16.0 Å². The van der Waals surface area contributed by atoms with Crippen LogP contribution in [-0.4, -0.2) is 53.6 Å². The Bertz CT molecular complexity index is 1360. The molecule has 180 valence electrons. The first-order valence-corrected chi connectivity index (χ1v) is 12.6. The average Bonchev–Trinajstić information content (AvgIpc) is 3.26. The van der Waals surface area contributed by atoms with Crippen molar-refractivity contribution < 1.29 is 17.5 Å². The van der Waals surface area contributed by atoms with Crippen molar-refractivity contribution in [1.29, 1.82) is 5.41 Å². The molecule has 11 heteroatoms. The maximum absolute atomic E-state index is 15.6. The highest BCUT2D eigenvalue weighted by atomic mass is 32.2. The number of methoxy groups -OCH3 is 1. The van der Waals surface area contributed by atoms with Gasteiger partial charge in [-0.1, -0.05) is 6.92 Å². The Morgan fingerprint density at radius 1 is 1.35 bits per heavy atom. The average molecular weight is 487 g/mol. The third kappa shape index (κ3) is 3.09. The second-order valence-corrected chi connectivity index (χ2v) is 11.4. The van der Waals surface area contributed by atoms with Gasteiger partial charge in [-0.15, -0.1) is 0 Å². The zero-order valence-electron chi connectivity index (χ0n) is 19.2. The van der Waals surface area contributed by atoms with E-state index in [-0.39, 0.29) is 12.4 Å². The molecule has 5 rings (SSSR count). The lowest BCUT2D eigenvalue weighted by molar-refractivity contribution is 0.125. The minimum atomic E-state index is -3.79. The number of guanidine groups is 1. The van der Waals surface area contributed by atoms with Crippen molar-refractivity contribution in [1.82, 2.24) is 19.6 Å². The lowest BCUT2D eigenvalue weighted by Gasteiger charge is -2.54. The van der Waals surface area contributed by atoms with Gasteiger partial charge in [-0.2, -0.15) is 0 Å². The van der Waals surface area contributed by atoms with E-state index >= 15 is 4.39 Å². The van der Waals surface area contributed by atoms with Crippen molar-refractivity contribution in [2.75, 3.05) is 19.5 Å². The molecule has 2 aromatic heterocycles. The molecular formula is C23H27FN6O3S. The van der Waals surface area contributed by atoms with Crippen molar-refractivity contribution in [3.8, 4) is 5.75 Å². The van der Waals surface area contributed by atoms with Crippen LogP contribution in [0.2, 0.25) is 0 Å². The van der Waals surface area contributed by atoms with Crippen LogP contribution in [-0.2, 0) is 10.0 Å². The molecule has 1 saturated heterocycles. The van der Waals surface area contributed by atoms with Crippen molar-refractivity contribution >= 4 is 32.7 Å². The summed E-state index contributed by atoms with van der Waals surface area (Å²) in [5.41, 5.74) is 0.415. The normalized spacial score (nSPS) is 30.3. The van der Waals surface area contributed by atoms with Gasteiger partial charge >= 0.3 is 0 Å². The number of aromatic nitrogens is 2. The Morgan fingerprint density at radius 2 is 2.15 bits per heavy atom. The highest BCUT2D eigenvalue weighted by molar-refractivity contribution is 7.90. The lowest BCUT2D eigenvalue weighted by Crippen LogP contribution is -2.73. The SMILES string of the molecule is COc1cnc2c(NC3=CC=C(F)C(C)([C@]45CCC[C@H]4S(=O)(=O)N(C)C(=N)N5)C3)ccnc2c1. The van der Waals surface area contributed by atoms with E-state index in [0.717, 1.165) is 10.0 Å². The summed E-state index contributed by atoms with van der Waals surface area (Å²) in [5, 5.41) is 13.9. The molecule has 3 aliphatic rings. The Morgan fingerprint density at radius 3 is 2.91 bits per heavy atom. The number of sulfonamides is 1. The maximum atomic E-state index is 15.6. The van der Waals surface area contributed by atoms with Crippen molar-refractivity contribution in [2.45, 2.75) is 43.4 Å². The Hall–Kier alpha value is -3.21. The third-order valence-corrected chi connectivity index (χ3v) is 9.86. The number of hydrogen-bond acceptors (Lipinski definition) is 7. The van der Waals surface area contributed by atoms with Gasteiger partial charge in [0.1, 0.15) is 22.3 Å². The summed E-state index contributed by atoms with van der Waals surface area (Å²) in [4.78, 5) is 8.81. The molecule has 0 amide bonds. The van der Waals surface area contributed by atoms with Gasteiger partial charge in [0, 0.05) is 36.8 Å². The Kier molecular flexibility index (Phi) is 5.08. The number of nitrogens with zero attached hydrogens (tertiary/aromatic N) is 3. The Labute approximate surface area is 197 Å². The van der Waals surface area contributed by atoms with E-state index < -0.39 is 32.1 Å². The van der Waals surface area contributed by atoms with Gasteiger partial charge in [-0.05, 0) is 37.5 Å². The largest absolute Gasteiger partial charge is 0.495 e. The van der Waals surface area contributed by atoms with Crippen LogP contribution in [0.4, 0.5) is 10.1 Å². The molecule has 2 aromatic rings. The molecule has 2 fully saturated rings. The zero-order valence-corrected chi connectivity index (χ0v) is 20.0. The van der Waals surface area contributed by atoms with Crippen LogP contribution in [0, 0.1) is 10.8 Å². The summed E-state index contributed by atoms with van der Waals surface area (Å²) in [7, 11) is -0.858. The summed E-state index contributed by atoms with van der Waals surface area (Å²) in [5.74, 6) is -0.0306. The van der Waals surface area contributed by atoms with Crippen LogP contribution in [0.25, 0.3) is 11.0 Å². The molecule has 0 aromatic carbocycles. The van der Waals surface area contributed by atoms with Gasteiger partial charge in [0.25, 0.3) is 0 Å². The fraction of sp³-hybridized carbons (Fsp3) is 0.435. The minimum absolute atomic E-state index is 0.227. The number of pyridine rings is 2. The maximum Gasteiger partial charge on any atom is 0.242 e. The molecule has 0 spiro atoms. The van der Waals surface area contributed by atoms with E-state index in [1.165, 1.54) is 13.1 Å². The molecule has 3 heterocycles. The van der Waals surface area contributed by atoms with E-state index in [1.807, 2.05) is 0 Å². The minimum Gasteiger partial charge on any atom is -0.495 e. The Balaban J connectivity index is 1.52. The number of hydrogen-bond donors (Lipinski definition) is 3. The summed E-state index contributed by atoms with van der Waals surface area (Å²) in [6, 6.07) is 3.58. The summed E-state index contributed by atoms with van der Waals surface area (Å²) in [6.07, 6.45) is 8.06. The number of fused-ring (bicyclic) bond motifs is 2. The summed E-state index contributed by atoms with van der Waals surface area (Å²) in [6.45, 7) is 1.75. The smallest absolute Gasteiger partial charge is 0.242 e. The quantitative estimate of drug-likeness (QED) is 0.606. The van der Waals surface area contributed by atoms with Gasteiger partial charge < -0.3 is 15.4 Å². The monoisotopic (exact) mass is 486 g/mol. The number of anilines is 1. The topological polar surface area (TPSA) is 120 Å². The van der Waals surface area contributed by atoms with E-state index in [2.05, 4.69) is 20.6 Å². The van der Waals surface area contributed by atoms with Crippen molar-refractivity contribution in [3.05, 3.63) is 48.2 Å². The molecule has 34 heavy (non-hydrogen) atoms. The number of nitrogens with one attached hydrogen (secondary N) is 3. The number of rotatable bonds is 4. The summed E-state index contributed by atoms with van der Waals surface area (Å²) >= 11 is 0. The molecule has 3 atom stereocenters. The van der Waals surface area contributed by atoms with Crippen LogP contribution in [0.15, 0.2) is 48.2 Å². The molecule has 2 aliphatic carbocycles. The summed E-state index contributed by atoms with van der Waals surface area (Å²) < 4.78 is 48.2. The first-order valence-electron chi connectivity index (χ1n) is 11.1. The van der Waals surface area contributed by atoms with Gasteiger partial charge in [-0.3, -0.25) is 10.4 Å². The van der Waals surface area contributed by atoms with Crippen LogP contribution in [0.3, 0.4) is 0 Å². The highest BCUT2D eigenvalue weighted by Gasteiger charge is 2.65. The fourth-order valence-corrected chi connectivity index (χ4v) is 7.72. The number of ether oxygens (including phenoxy) is 1. The standard InChI is InChI=1S/C23H27FN6O3S/c1-22(23-9-4-5-19(23)34(31,32)30(2)21(25)29-23)12-14(6-7-18(22)24)28-16-8-10-26-17-11-15(33-3)13-27-20(16)17/h6-8,10-11,13,19H,4-5,9,12H2,1-3H3,(H2,25,29)(H,26,28)/t19-,22?,23+/m1/s1. The molecule has 0 radical (unpaired) electrons. The van der Waals surface area contributed by atoms with Gasteiger partial charge in [0.15, 0.2) is 0 Å². The second-order valence-electron chi connectivity index (χ2n) is 9.28. The third-order valence-electron chi connectivity index (χ3n) is 7.55. The predicted molar refractivity (Wildman–Crippen MR) is 128 cm³/mol. The van der Waals surface area contributed by atoms with E-state index in [1.54, 1.807) is 44.6 Å². The molecule has 0 bridgehead atoms. The van der Waals surface area contributed by atoms with Crippen LogP contribution < -0.4 is 15.4 Å². The second kappa shape index (κ2) is 7.66. The first-order chi connectivity index (χ1) is 16.1. The molecule has 3 N–H and O–H groups in total. The van der Waals surface area contributed by atoms with Crippen LogP contribution >= 0.6 is 0 Å². The van der Waals surface area contributed by atoms with Crippen molar-refractivity contribution in [3.63, 3.8) is 0 Å². The molecule has 1 unspecified atom stereocenters. The number of allylic oxidation sites excluding steroid dienone is 3. The van der Waals surface area contributed by atoms with Crippen LogP contribution in [0.5, 0.6) is 5.75 Å². The lowest BCUT2D eigenvalue weighted by atomic mass is 9.64. The molecular weight excluding hydrogens is 459 g/mol. The van der Waals surface area contributed by atoms with Gasteiger partial charge in [0.05, 0.1) is 30.0 Å². The molecule has 1 saturated carbocycles. The van der Waals surface area contributed by atoms with E-state index in [4.69, 9.17) is 10.1 Å². The van der Waals surface area contributed by atoms with Gasteiger partial charge in [-0.25, -0.2) is 22.1 Å². The predicted octanol–water partition coefficient (Wildman–Crippen LogP) is 3.29. The van der Waals surface area contributed by atoms with E-state index in [9.17, 15) is 8.42 Å². The fourth-order valence-electron chi connectivity index (χ4n) is 5.63. The molecule has 1 aliphatic heterocycles. The van der Waals surface area contributed by atoms with Crippen molar-refractivity contribution in [2.24, 2.45) is 5.41 Å². The first kappa shape index (κ1) is 22.6. The van der Waals surface area contributed by atoms with E-state index in [0.29, 0.717) is 41.7 Å². The zero-order chi connectivity index (χ0) is 24.3.